The predicted octanol–water partition coefficient (Wildman–Crippen LogP) is 1.11. The molecule has 0 spiro atoms. The van der Waals surface area contributed by atoms with Gasteiger partial charge in [0.25, 0.3) is 0 Å². The van der Waals surface area contributed by atoms with Gasteiger partial charge in [-0.05, 0) is 26.0 Å². The van der Waals surface area contributed by atoms with Crippen molar-refractivity contribution in [2.45, 2.75) is 26.0 Å². The Balaban J connectivity index is 2.44. The Morgan fingerprint density at radius 3 is 2.77 bits per heavy atom. The molecule has 1 aromatic rings. The summed E-state index contributed by atoms with van der Waals surface area (Å²) in [5.74, 6) is 0. The Kier molecular flexibility index (Phi) is 3.86. The summed E-state index contributed by atoms with van der Waals surface area (Å²) in [5, 5.41) is 12.3. The number of pyridine rings is 1. The maximum Gasteiger partial charge on any atom is 0.0636 e. The summed E-state index contributed by atoms with van der Waals surface area (Å²) < 4.78 is 0. The summed E-state index contributed by atoms with van der Waals surface area (Å²) >= 11 is 0. The van der Waals surface area contributed by atoms with Crippen molar-refractivity contribution in [2.24, 2.45) is 0 Å². The molecule has 0 fully saturated rings. The van der Waals surface area contributed by atoms with Crippen LogP contribution in [0.5, 0.6) is 0 Å². The third-order valence-corrected chi connectivity index (χ3v) is 1.85. The molecule has 0 saturated heterocycles. The van der Waals surface area contributed by atoms with E-state index in [2.05, 4.69) is 10.3 Å². The molecule has 0 aliphatic heterocycles. The maximum atomic E-state index is 9.07. The molecule has 2 atom stereocenters. The van der Waals surface area contributed by atoms with Gasteiger partial charge in [-0.1, -0.05) is 6.07 Å². The van der Waals surface area contributed by atoms with E-state index < -0.39 is 0 Å². The van der Waals surface area contributed by atoms with E-state index in [9.17, 15) is 0 Å². The van der Waals surface area contributed by atoms with E-state index in [1.165, 1.54) is 0 Å². The third-order valence-electron chi connectivity index (χ3n) is 1.85. The van der Waals surface area contributed by atoms with Gasteiger partial charge in [0, 0.05) is 18.8 Å². The molecular formula is C10H16N2O. The summed E-state index contributed by atoms with van der Waals surface area (Å²) in [6.45, 7) is 4.39. The third kappa shape index (κ3) is 3.53. The maximum absolute atomic E-state index is 9.07. The molecular weight excluding hydrogens is 164 g/mol. The number of rotatable bonds is 4. The minimum atomic E-state index is -0.314. The highest BCUT2D eigenvalue weighted by molar-refractivity contribution is 5.07. The van der Waals surface area contributed by atoms with Gasteiger partial charge in [0.15, 0.2) is 0 Å². The van der Waals surface area contributed by atoms with Crippen LogP contribution >= 0.6 is 0 Å². The van der Waals surface area contributed by atoms with Crippen LogP contribution in [0.15, 0.2) is 24.4 Å². The van der Waals surface area contributed by atoms with E-state index in [1.54, 1.807) is 13.1 Å². The molecule has 0 saturated carbocycles. The fourth-order valence-corrected chi connectivity index (χ4v) is 1.08. The lowest BCUT2D eigenvalue weighted by molar-refractivity contribution is 0.187. The number of nitrogens with zero attached hydrogens (tertiary/aromatic N) is 1. The first-order valence-corrected chi connectivity index (χ1v) is 4.52. The second-order valence-corrected chi connectivity index (χ2v) is 3.23. The van der Waals surface area contributed by atoms with Crippen molar-refractivity contribution in [3.8, 4) is 0 Å². The predicted molar refractivity (Wildman–Crippen MR) is 52.3 cm³/mol. The van der Waals surface area contributed by atoms with E-state index in [0.717, 1.165) is 5.69 Å². The van der Waals surface area contributed by atoms with Crippen molar-refractivity contribution in [3.05, 3.63) is 30.1 Å². The SMILES string of the molecule is C[C@H](NC[C@@H](C)O)c1ccccn1. The first kappa shape index (κ1) is 10.2. The number of hydrogen-bond donors (Lipinski definition) is 2. The monoisotopic (exact) mass is 180 g/mol. The highest BCUT2D eigenvalue weighted by Gasteiger charge is 2.05. The van der Waals surface area contributed by atoms with Gasteiger partial charge in [-0.2, -0.15) is 0 Å². The Hall–Kier alpha value is -0.930. The topological polar surface area (TPSA) is 45.1 Å². The largest absolute Gasteiger partial charge is 0.392 e. The van der Waals surface area contributed by atoms with Crippen molar-refractivity contribution in [1.29, 1.82) is 0 Å². The Bertz CT molecular complexity index is 236. The van der Waals surface area contributed by atoms with Crippen LogP contribution in [0.4, 0.5) is 0 Å². The van der Waals surface area contributed by atoms with Crippen LogP contribution in [0.25, 0.3) is 0 Å². The molecule has 3 heteroatoms. The second-order valence-electron chi connectivity index (χ2n) is 3.23. The lowest BCUT2D eigenvalue weighted by Gasteiger charge is -2.14. The average Bonchev–Trinajstić information content (AvgIpc) is 2.15. The minimum Gasteiger partial charge on any atom is -0.392 e. The molecule has 2 N–H and O–H groups in total. The zero-order valence-electron chi connectivity index (χ0n) is 8.07. The fraction of sp³-hybridized carbons (Fsp3) is 0.500. The molecule has 0 radical (unpaired) electrons. The van der Waals surface area contributed by atoms with Gasteiger partial charge in [-0.3, -0.25) is 4.98 Å². The Morgan fingerprint density at radius 1 is 1.46 bits per heavy atom. The van der Waals surface area contributed by atoms with Crippen LogP contribution in [0.1, 0.15) is 25.6 Å². The van der Waals surface area contributed by atoms with Crippen LogP contribution in [-0.4, -0.2) is 22.7 Å². The number of aliphatic hydroxyl groups is 1. The van der Waals surface area contributed by atoms with Gasteiger partial charge in [0.05, 0.1) is 11.8 Å². The molecule has 13 heavy (non-hydrogen) atoms. The van der Waals surface area contributed by atoms with E-state index in [4.69, 9.17) is 5.11 Å². The molecule has 0 amide bonds. The van der Waals surface area contributed by atoms with Crippen molar-refractivity contribution in [1.82, 2.24) is 10.3 Å². The zero-order chi connectivity index (χ0) is 9.68. The Labute approximate surface area is 78.8 Å². The fourth-order valence-electron chi connectivity index (χ4n) is 1.08. The van der Waals surface area contributed by atoms with E-state index in [1.807, 2.05) is 25.1 Å². The molecule has 0 aromatic carbocycles. The van der Waals surface area contributed by atoms with E-state index in [-0.39, 0.29) is 12.1 Å². The van der Waals surface area contributed by atoms with Crippen molar-refractivity contribution in [2.75, 3.05) is 6.54 Å². The first-order chi connectivity index (χ1) is 6.20. The summed E-state index contributed by atoms with van der Waals surface area (Å²) in [7, 11) is 0. The molecule has 3 nitrogen and oxygen atoms in total. The summed E-state index contributed by atoms with van der Waals surface area (Å²) in [5.41, 5.74) is 1.00. The highest BCUT2D eigenvalue weighted by Crippen LogP contribution is 2.06. The van der Waals surface area contributed by atoms with Crippen LogP contribution in [0.3, 0.4) is 0 Å². The number of nitrogens with one attached hydrogen (secondary N) is 1. The van der Waals surface area contributed by atoms with Gasteiger partial charge >= 0.3 is 0 Å². The lowest BCUT2D eigenvalue weighted by Crippen LogP contribution is -2.27. The van der Waals surface area contributed by atoms with Gasteiger partial charge < -0.3 is 10.4 Å². The van der Waals surface area contributed by atoms with Crippen molar-refractivity contribution < 1.29 is 5.11 Å². The van der Waals surface area contributed by atoms with Crippen LogP contribution in [-0.2, 0) is 0 Å². The molecule has 0 bridgehead atoms. The second kappa shape index (κ2) is 4.94. The standard InChI is InChI=1S/C10H16N2O/c1-8(13)7-12-9(2)10-5-3-4-6-11-10/h3-6,8-9,12-13H,7H2,1-2H3/t8-,9+/m1/s1. The quantitative estimate of drug-likeness (QED) is 0.729. The summed E-state index contributed by atoms with van der Waals surface area (Å²) in [4.78, 5) is 4.21. The van der Waals surface area contributed by atoms with E-state index >= 15 is 0 Å². The van der Waals surface area contributed by atoms with E-state index in [0.29, 0.717) is 6.54 Å². The minimum absolute atomic E-state index is 0.191. The lowest BCUT2D eigenvalue weighted by atomic mass is 10.2. The summed E-state index contributed by atoms with van der Waals surface area (Å²) in [6.07, 6.45) is 1.46. The van der Waals surface area contributed by atoms with Gasteiger partial charge in [0.2, 0.25) is 0 Å². The average molecular weight is 180 g/mol. The molecule has 0 unspecified atom stereocenters. The van der Waals surface area contributed by atoms with Crippen LogP contribution < -0.4 is 5.32 Å². The molecule has 1 aromatic heterocycles. The van der Waals surface area contributed by atoms with Crippen molar-refractivity contribution in [3.63, 3.8) is 0 Å². The molecule has 1 rings (SSSR count). The van der Waals surface area contributed by atoms with Crippen molar-refractivity contribution >= 4 is 0 Å². The van der Waals surface area contributed by atoms with Crippen LogP contribution in [0, 0.1) is 0 Å². The Morgan fingerprint density at radius 2 is 2.23 bits per heavy atom. The number of aliphatic hydroxyl groups excluding tert-OH is 1. The zero-order valence-corrected chi connectivity index (χ0v) is 8.07. The van der Waals surface area contributed by atoms with Gasteiger partial charge in [0.1, 0.15) is 0 Å². The molecule has 1 heterocycles. The van der Waals surface area contributed by atoms with Crippen LogP contribution in [0.2, 0.25) is 0 Å². The van der Waals surface area contributed by atoms with Gasteiger partial charge in [-0.25, -0.2) is 0 Å². The normalized spacial score (nSPS) is 15.3. The molecule has 0 aliphatic carbocycles. The number of hydrogen-bond acceptors (Lipinski definition) is 3. The van der Waals surface area contributed by atoms with Gasteiger partial charge in [-0.15, -0.1) is 0 Å². The first-order valence-electron chi connectivity index (χ1n) is 4.52. The summed E-state index contributed by atoms with van der Waals surface area (Å²) in [6, 6.07) is 6.02. The molecule has 72 valence electrons. The smallest absolute Gasteiger partial charge is 0.0636 e. The molecule has 0 aliphatic rings. The number of aromatic nitrogens is 1. The highest BCUT2D eigenvalue weighted by atomic mass is 16.3.